The molecule has 0 N–H and O–H groups in total. The van der Waals surface area contributed by atoms with Crippen LogP contribution in [-0.2, 0) is 0 Å². The molecule has 0 bridgehead atoms. The maximum absolute atomic E-state index is 5.91. The maximum atomic E-state index is 5.91. The van der Waals surface area contributed by atoms with Gasteiger partial charge in [0.15, 0.2) is 0 Å². The molecule has 7 heteroatoms. The minimum Gasteiger partial charge on any atom is -0.497 e. The second kappa shape index (κ2) is 8.39. The molecule has 31 heavy (non-hydrogen) atoms. The lowest BCUT2D eigenvalue weighted by Crippen LogP contribution is -2.08. The number of hydrogen-bond acceptors (Lipinski definition) is 7. The minimum atomic E-state index is 0.322. The number of ether oxygens (including phenoxy) is 1. The van der Waals surface area contributed by atoms with Crippen LogP contribution in [0.1, 0.15) is 11.3 Å². The summed E-state index contributed by atoms with van der Waals surface area (Å²) in [6.45, 7) is 5.96. The number of nitrogens with zero attached hydrogens (tertiary/aromatic N) is 5. The Bertz CT molecular complexity index is 1230. The van der Waals surface area contributed by atoms with E-state index in [2.05, 4.69) is 21.8 Å². The smallest absolute Gasteiger partial charge is 0.268 e. The summed E-state index contributed by atoms with van der Waals surface area (Å²) < 4.78 is 11.2. The predicted octanol–water partition coefficient (Wildman–Crippen LogP) is 4.71. The van der Waals surface area contributed by atoms with Gasteiger partial charge < -0.3 is 14.1 Å². The van der Waals surface area contributed by atoms with E-state index in [1.807, 2.05) is 74.4 Å². The van der Waals surface area contributed by atoms with Crippen LogP contribution in [-0.4, -0.2) is 46.3 Å². The molecular weight excluding hydrogens is 390 g/mol. The fraction of sp³-hybridized carbons (Fsp3) is 0.167. The third kappa shape index (κ3) is 4.16. The van der Waals surface area contributed by atoms with Crippen molar-refractivity contribution in [1.82, 2.24) is 25.1 Å². The van der Waals surface area contributed by atoms with Crippen LogP contribution in [0, 0.1) is 6.92 Å². The number of aryl methyl sites for hydroxylation is 1. The summed E-state index contributed by atoms with van der Waals surface area (Å²) >= 11 is 0. The molecule has 156 valence electrons. The molecule has 0 unspecified atom stereocenters. The summed E-state index contributed by atoms with van der Waals surface area (Å²) in [5, 5.41) is 8.37. The Morgan fingerprint density at radius 1 is 1.00 bits per heavy atom. The summed E-state index contributed by atoms with van der Waals surface area (Å²) in [5.74, 6) is 1.44. The first-order chi connectivity index (χ1) is 15.0. The van der Waals surface area contributed by atoms with Crippen molar-refractivity contribution in [2.75, 3.05) is 21.2 Å². The average Bonchev–Trinajstić information content (AvgIpc) is 3.29. The van der Waals surface area contributed by atoms with Gasteiger partial charge in [0.2, 0.25) is 5.89 Å². The zero-order chi connectivity index (χ0) is 22.0. The Hall–Kier alpha value is -4.00. The van der Waals surface area contributed by atoms with Crippen molar-refractivity contribution in [3.05, 3.63) is 72.6 Å². The summed E-state index contributed by atoms with van der Waals surface area (Å²) in [7, 11) is 5.56. The van der Waals surface area contributed by atoms with Gasteiger partial charge in [0.1, 0.15) is 11.4 Å². The van der Waals surface area contributed by atoms with Gasteiger partial charge in [-0.3, -0.25) is 4.98 Å². The number of aromatic nitrogens is 4. The molecule has 0 aliphatic rings. The van der Waals surface area contributed by atoms with E-state index in [1.165, 1.54) is 0 Å². The van der Waals surface area contributed by atoms with E-state index < -0.39 is 0 Å². The molecule has 0 fully saturated rings. The SMILES string of the molecule is C=C(c1ccc(-c2cnc(C)c(-c3nnc(-c4cccc(OC)c4)o3)n2)cc1)N(C)C. The van der Waals surface area contributed by atoms with Crippen molar-refractivity contribution < 1.29 is 9.15 Å². The zero-order valence-electron chi connectivity index (χ0n) is 18.0. The van der Waals surface area contributed by atoms with E-state index in [1.54, 1.807) is 13.3 Å². The van der Waals surface area contributed by atoms with Crippen LogP contribution < -0.4 is 4.74 Å². The van der Waals surface area contributed by atoms with Crippen molar-refractivity contribution in [1.29, 1.82) is 0 Å². The van der Waals surface area contributed by atoms with E-state index >= 15 is 0 Å². The van der Waals surface area contributed by atoms with Crippen LogP contribution in [0.2, 0.25) is 0 Å². The molecular formula is C24H23N5O2. The molecule has 0 aliphatic heterocycles. The third-order valence-electron chi connectivity index (χ3n) is 4.95. The fourth-order valence-corrected chi connectivity index (χ4v) is 3.07. The molecule has 2 aromatic carbocycles. The summed E-state index contributed by atoms with van der Waals surface area (Å²) in [5.41, 5.74) is 5.70. The van der Waals surface area contributed by atoms with E-state index in [9.17, 15) is 0 Å². The lowest BCUT2D eigenvalue weighted by molar-refractivity contribution is 0.415. The Balaban J connectivity index is 1.66. The Morgan fingerprint density at radius 2 is 1.74 bits per heavy atom. The van der Waals surface area contributed by atoms with Gasteiger partial charge in [-0.15, -0.1) is 10.2 Å². The quantitative estimate of drug-likeness (QED) is 0.453. The Morgan fingerprint density at radius 3 is 2.45 bits per heavy atom. The molecule has 0 radical (unpaired) electrons. The standard InChI is InChI=1S/C24H23N5O2/c1-15-22(24-28-27-23(31-24)19-7-6-8-20(13-19)30-5)26-21(14-25-15)18-11-9-17(10-12-18)16(2)29(3)4/h6-14H,2H2,1,3-5H3. The average molecular weight is 413 g/mol. The Kier molecular flexibility index (Phi) is 5.49. The van der Waals surface area contributed by atoms with Crippen LogP contribution in [0.5, 0.6) is 5.75 Å². The second-order valence-corrected chi connectivity index (χ2v) is 7.25. The lowest BCUT2D eigenvalue weighted by Gasteiger charge is -2.16. The molecule has 0 aliphatic carbocycles. The van der Waals surface area contributed by atoms with E-state index in [0.717, 1.165) is 33.8 Å². The van der Waals surface area contributed by atoms with E-state index in [0.29, 0.717) is 23.2 Å². The van der Waals surface area contributed by atoms with Crippen LogP contribution >= 0.6 is 0 Å². The van der Waals surface area contributed by atoms with Crippen LogP contribution in [0.15, 0.2) is 65.7 Å². The topological polar surface area (TPSA) is 77.2 Å². The monoisotopic (exact) mass is 413 g/mol. The molecule has 0 saturated heterocycles. The van der Waals surface area contributed by atoms with Crippen LogP contribution in [0.25, 0.3) is 40.0 Å². The minimum absolute atomic E-state index is 0.322. The molecule has 0 saturated carbocycles. The number of hydrogen-bond donors (Lipinski definition) is 0. The molecule has 2 heterocycles. The van der Waals surface area contributed by atoms with Gasteiger partial charge in [0.05, 0.1) is 24.7 Å². The van der Waals surface area contributed by atoms with Gasteiger partial charge in [-0.2, -0.15) is 0 Å². The highest BCUT2D eigenvalue weighted by atomic mass is 16.5. The van der Waals surface area contributed by atoms with Gasteiger partial charge in [-0.1, -0.05) is 36.9 Å². The number of methoxy groups -OCH3 is 1. The van der Waals surface area contributed by atoms with Crippen LogP contribution in [0.3, 0.4) is 0 Å². The predicted molar refractivity (Wildman–Crippen MR) is 120 cm³/mol. The first-order valence-corrected chi connectivity index (χ1v) is 9.75. The highest BCUT2D eigenvalue weighted by Gasteiger charge is 2.16. The molecule has 4 aromatic rings. The summed E-state index contributed by atoms with van der Waals surface area (Å²) in [6.07, 6.45) is 1.74. The first-order valence-electron chi connectivity index (χ1n) is 9.75. The fourth-order valence-electron chi connectivity index (χ4n) is 3.07. The van der Waals surface area contributed by atoms with Gasteiger partial charge in [-0.05, 0) is 30.7 Å². The zero-order valence-corrected chi connectivity index (χ0v) is 18.0. The van der Waals surface area contributed by atoms with Crippen LogP contribution in [0.4, 0.5) is 0 Å². The highest BCUT2D eigenvalue weighted by Crippen LogP contribution is 2.28. The molecule has 0 spiro atoms. The largest absolute Gasteiger partial charge is 0.497 e. The molecule has 4 rings (SSSR count). The maximum Gasteiger partial charge on any atom is 0.268 e. The van der Waals surface area contributed by atoms with Crippen molar-refractivity contribution >= 4 is 5.70 Å². The molecule has 2 aromatic heterocycles. The van der Waals surface area contributed by atoms with E-state index in [-0.39, 0.29) is 0 Å². The highest BCUT2D eigenvalue weighted by molar-refractivity contribution is 5.68. The Labute approximate surface area is 181 Å². The van der Waals surface area contributed by atoms with Crippen molar-refractivity contribution in [3.8, 4) is 40.0 Å². The first kappa shape index (κ1) is 20.3. The number of rotatable bonds is 6. The van der Waals surface area contributed by atoms with Gasteiger partial charge in [0.25, 0.3) is 5.89 Å². The molecule has 7 nitrogen and oxygen atoms in total. The van der Waals surface area contributed by atoms with Crippen molar-refractivity contribution in [2.24, 2.45) is 0 Å². The van der Waals surface area contributed by atoms with Crippen molar-refractivity contribution in [3.63, 3.8) is 0 Å². The summed E-state index contributed by atoms with van der Waals surface area (Å²) in [4.78, 5) is 11.2. The second-order valence-electron chi connectivity index (χ2n) is 7.25. The van der Waals surface area contributed by atoms with Gasteiger partial charge in [0, 0.05) is 30.9 Å². The molecule has 0 atom stereocenters. The van der Waals surface area contributed by atoms with E-state index in [4.69, 9.17) is 14.1 Å². The third-order valence-corrected chi connectivity index (χ3v) is 4.95. The number of benzene rings is 2. The normalized spacial score (nSPS) is 10.7. The van der Waals surface area contributed by atoms with Crippen molar-refractivity contribution in [2.45, 2.75) is 6.92 Å². The lowest BCUT2D eigenvalue weighted by atomic mass is 10.1. The molecule has 0 amide bonds. The van der Waals surface area contributed by atoms with Gasteiger partial charge >= 0.3 is 0 Å². The van der Waals surface area contributed by atoms with Gasteiger partial charge in [-0.25, -0.2) is 4.98 Å². The summed E-state index contributed by atoms with van der Waals surface area (Å²) in [6, 6.07) is 15.5.